The van der Waals surface area contributed by atoms with E-state index in [2.05, 4.69) is 15.4 Å². The number of ether oxygens (including phenoxy) is 1. The Bertz CT molecular complexity index is 1380. The fourth-order valence-corrected chi connectivity index (χ4v) is 3.50. The Labute approximate surface area is 183 Å². The van der Waals surface area contributed by atoms with Gasteiger partial charge < -0.3 is 14.5 Å². The molecule has 0 atom stereocenters. The molecule has 0 saturated heterocycles. The van der Waals surface area contributed by atoms with Gasteiger partial charge in [-0.15, -0.1) is 0 Å². The van der Waals surface area contributed by atoms with Crippen molar-refractivity contribution in [2.24, 2.45) is 0 Å². The van der Waals surface area contributed by atoms with Crippen LogP contribution in [0.5, 0.6) is 5.75 Å². The summed E-state index contributed by atoms with van der Waals surface area (Å²) in [7, 11) is 1.56. The van der Waals surface area contributed by atoms with Gasteiger partial charge in [0.05, 0.1) is 41.9 Å². The standard InChI is InChI=1S/C24H19N5O3/c1-31-22-9-3-2-8-20(22)28-24(30)18-12-21(16-6-4-10-25-13-16)27-23-19(18)14-26-29(23)15-17-7-5-11-32-17/h2-14H,15H2,1H3,(H,28,30). The number of carbonyl (C=O) groups excluding carboxylic acids is 1. The molecule has 0 bridgehead atoms. The van der Waals surface area contributed by atoms with Crippen LogP contribution in [0.25, 0.3) is 22.3 Å². The van der Waals surface area contributed by atoms with Crippen molar-refractivity contribution in [1.29, 1.82) is 0 Å². The summed E-state index contributed by atoms with van der Waals surface area (Å²) in [6.45, 7) is 0.396. The van der Waals surface area contributed by atoms with E-state index >= 15 is 0 Å². The number of amides is 1. The highest BCUT2D eigenvalue weighted by atomic mass is 16.5. The molecule has 1 N–H and O–H groups in total. The predicted octanol–water partition coefficient (Wildman–Crippen LogP) is 4.40. The summed E-state index contributed by atoms with van der Waals surface area (Å²) in [5.74, 6) is 1.03. The van der Waals surface area contributed by atoms with E-state index in [-0.39, 0.29) is 5.91 Å². The Kier molecular flexibility index (Phi) is 5.09. The lowest BCUT2D eigenvalue weighted by Crippen LogP contribution is -2.14. The molecule has 5 rings (SSSR count). The van der Waals surface area contributed by atoms with Crippen molar-refractivity contribution in [1.82, 2.24) is 19.7 Å². The summed E-state index contributed by atoms with van der Waals surface area (Å²) in [5, 5.41) is 8.04. The number of aromatic nitrogens is 4. The van der Waals surface area contributed by atoms with E-state index in [1.54, 1.807) is 54.8 Å². The molecule has 0 aliphatic heterocycles. The first kappa shape index (κ1) is 19.5. The summed E-state index contributed by atoms with van der Waals surface area (Å²) in [4.78, 5) is 22.3. The molecular formula is C24H19N5O3. The highest BCUT2D eigenvalue weighted by molar-refractivity contribution is 6.13. The number of benzene rings is 1. The van der Waals surface area contributed by atoms with Crippen LogP contribution in [0.15, 0.2) is 83.9 Å². The van der Waals surface area contributed by atoms with Crippen molar-refractivity contribution < 1.29 is 13.9 Å². The second kappa shape index (κ2) is 8.35. The number of fused-ring (bicyclic) bond motifs is 1. The molecule has 0 aliphatic rings. The maximum absolute atomic E-state index is 13.3. The molecule has 4 heterocycles. The normalized spacial score (nSPS) is 10.9. The quantitative estimate of drug-likeness (QED) is 0.433. The summed E-state index contributed by atoms with van der Waals surface area (Å²) < 4.78 is 12.5. The Morgan fingerprint density at radius 2 is 2.03 bits per heavy atom. The van der Waals surface area contributed by atoms with Gasteiger partial charge in [-0.2, -0.15) is 5.10 Å². The van der Waals surface area contributed by atoms with Crippen molar-refractivity contribution in [2.75, 3.05) is 12.4 Å². The minimum atomic E-state index is -0.287. The average molecular weight is 425 g/mol. The van der Waals surface area contributed by atoms with Gasteiger partial charge in [0.25, 0.3) is 5.91 Å². The van der Waals surface area contributed by atoms with Crippen LogP contribution in [-0.4, -0.2) is 32.8 Å². The number of pyridine rings is 2. The number of methoxy groups -OCH3 is 1. The van der Waals surface area contributed by atoms with Gasteiger partial charge in [0.1, 0.15) is 18.1 Å². The van der Waals surface area contributed by atoms with Crippen LogP contribution in [0.3, 0.4) is 0 Å². The lowest BCUT2D eigenvalue weighted by atomic mass is 10.1. The zero-order chi connectivity index (χ0) is 21.9. The van der Waals surface area contributed by atoms with Gasteiger partial charge in [-0.3, -0.25) is 9.78 Å². The first-order chi connectivity index (χ1) is 15.7. The van der Waals surface area contributed by atoms with Crippen LogP contribution in [0, 0.1) is 0 Å². The fraction of sp³-hybridized carbons (Fsp3) is 0.0833. The summed E-state index contributed by atoms with van der Waals surface area (Å²) in [6.07, 6.45) is 6.67. The van der Waals surface area contributed by atoms with E-state index in [1.807, 2.05) is 36.4 Å². The van der Waals surface area contributed by atoms with Gasteiger partial charge in [-0.05, 0) is 42.5 Å². The molecule has 8 heteroatoms. The molecule has 0 aliphatic carbocycles. The van der Waals surface area contributed by atoms with Crippen molar-refractivity contribution >= 4 is 22.6 Å². The first-order valence-corrected chi connectivity index (χ1v) is 9.96. The third kappa shape index (κ3) is 3.69. The maximum Gasteiger partial charge on any atom is 0.256 e. The third-order valence-electron chi connectivity index (χ3n) is 5.05. The van der Waals surface area contributed by atoms with Crippen molar-refractivity contribution in [3.05, 3.63) is 90.8 Å². The molecule has 0 radical (unpaired) electrons. The lowest BCUT2D eigenvalue weighted by Gasteiger charge is -2.11. The molecule has 0 fully saturated rings. The minimum Gasteiger partial charge on any atom is -0.495 e. The van der Waals surface area contributed by atoms with Crippen LogP contribution >= 0.6 is 0 Å². The number of furan rings is 1. The molecule has 4 aromatic heterocycles. The van der Waals surface area contributed by atoms with Gasteiger partial charge >= 0.3 is 0 Å². The Morgan fingerprint density at radius 1 is 1.12 bits per heavy atom. The van der Waals surface area contributed by atoms with Crippen LogP contribution in [0.1, 0.15) is 16.1 Å². The zero-order valence-corrected chi connectivity index (χ0v) is 17.2. The molecule has 1 amide bonds. The van der Waals surface area contributed by atoms with Crippen LogP contribution in [0.2, 0.25) is 0 Å². The monoisotopic (exact) mass is 425 g/mol. The van der Waals surface area contributed by atoms with E-state index in [9.17, 15) is 4.79 Å². The summed E-state index contributed by atoms with van der Waals surface area (Å²) in [5.41, 5.74) is 3.03. The Morgan fingerprint density at radius 3 is 2.81 bits per heavy atom. The molecule has 0 saturated carbocycles. The van der Waals surface area contributed by atoms with Crippen molar-refractivity contribution in [3.8, 4) is 17.0 Å². The SMILES string of the molecule is COc1ccccc1NC(=O)c1cc(-c2cccnc2)nc2c1cnn2Cc1ccco1. The smallest absolute Gasteiger partial charge is 0.256 e. The second-order valence-electron chi connectivity index (χ2n) is 7.07. The summed E-state index contributed by atoms with van der Waals surface area (Å²) in [6, 6.07) is 16.4. The van der Waals surface area contributed by atoms with Crippen LogP contribution in [-0.2, 0) is 6.54 Å². The van der Waals surface area contributed by atoms with Crippen LogP contribution in [0.4, 0.5) is 5.69 Å². The van der Waals surface area contributed by atoms with E-state index in [1.165, 1.54) is 0 Å². The molecular weight excluding hydrogens is 406 g/mol. The Balaban J connectivity index is 1.62. The number of nitrogens with one attached hydrogen (secondary N) is 1. The average Bonchev–Trinajstić information content (AvgIpc) is 3.50. The zero-order valence-electron chi connectivity index (χ0n) is 17.2. The Hall–Kier alpha value is -4.46. The highest BCUT2D eigenvalue weighted by Gasteiger charge is 2.19. The number of rotatable bonds is 6. The van der Waals surface area contributed by atoms with Gasteiger partial charge in [0.15, 0.2) is 5.65 Å². The van der Waals surface area contributed by atoms with Crippen molar-refractivity contribution in [2.45, 2.75) is 6.54 Å². The van der Waals surface area contributed by atoms with Gasteiger partial charge in [-0.25, -0.2) is 9.67 Å². The first-order valence-electron chi connectivity index (χ1n) is 9.96. The molecule has 5 aromatic rings. The minimum absolute atomic E-state index is 0.287. The lowest BCUT2D eigenvalue weighted by molar-refractivity contribution is 0.102. The predicted molar refractivity (Wildman–Crippen MR) is 120 cm³/mol. The van der Waals surface area contributed by atoms with Crippen molar-refractivity contribution in [3.63, 3.8) is 0 Å². The maximum atomic E-state index is 13.3. The molecule has 158 valence electrons. The van der Waals surface area contributed by atoms with Gasteiger partial charge in [-0.1, -0.05) is 12.1 Å². The van der Waals surface area contributed by atoms with E-state index in [0.29, 0.717) is 40.3 Å². The number of hydrogen-bond acceptors (Lipinski definition) is 6. The van der Waals surface area contributed by atoms with E-state index in [0.717, 1.165) is 11.3 Å². The molecule has 0 spiro atoms. The fourth-order valence-electron chi connectivity index (χ4n) is 3.50. The molecule has 0 unspecified atom stereocenters. The highest BCUT2D eigenvalue weighted by Crippen LogP contribution is 2.28. The number of hydrogen-bond donors (Lipinski definition) is 1. The number of para-hydroxylation sites is 2. The number of carbonyl (C=O) groups is 1. The van der Waals surface area contributed by atoms with E-state index < -0.39 is 0 Å². The topological polar surface area (TPSA) is 95.1 Å². The van der Waals surface area contributed by atoms with Gasteiger partial charge in [0, 0.05) is 18.0 Å². The molecule has 32 heavy (non-hydrogen) atoms. The largest absolute Gasteiger partial charge is 0.495 e. The summed E-state index contributed by atoms with van der Waals surface area (Å²) >= 11 is 0. The van der Waals surface area contributed by atoms with Crippen LogP contribution < -0.4 is 10.1 Å². The molecule has 8 nitrogen and oxygen atoms in total. The van der Waals surface area contributed by atoms with Gasteiger partial charge in [0.2, 0.25) is 0 Å². The third-order valence-corrected chi connectivity index (χ3v) is 5.05. The number of anilines is 1. The number of nitrogens with zero attached hydrogens (tertiary/aromatic N) is 4. The van der Waals surface area contributed by atoms with E-state index in [4.69, 9.17) is 14.1 Å². The second-order valence-corrected chi connectivity index (χ2v) is 7.07. The molecule has 1 aromatic carbocycles.